The summed E-state index contributed by atoms with van der Waals surface area (Å²) in [4.78, 5) is 12.5. The van der Waals surface area contributed by atoms with Gasteiger partial charge in [-0.2, -0.15) is 0 Å². The maximum absolute atomic E-state index is 14.3. The second-order valence-electron chi connectivity index (χ2n) is 5.02. The van der Waals surface area contributed by atoms with E-state index in [0.29, 0.717) is 0 Å². The van der Waals surface area contributed by atoms with Crippen molar-refractivity contribution in [2.45, 2.75) is 17.1 Å². The second-order valence-corrected chi connectivity index (χ2v) is 7.09. The van der Waals surface area contributed by atoms with Crippen molar-refractivity contribution in [2.75, 3.05) is 27.4 Å². The average molecular weight is 331 g/mol. The fourth-order valence-electron chi connectivity index (χ4n) is 2.88. The number of carbonyl (C=O) groups excluding carboxylic acids is 1. The molecule has 0 saturated carbocycles. The topological polar surface area (TPSA) is 81.7 Å². The Hall–Kier alpha value is -1.51. The first-order valence-corrected chi connectivity index (χ1v) is 8.28. The van der Waals surface area contributed by atoms with Gasteiger partial charge in [0.25, 0.3) is 0 Å². The lowest BCUT2D eigenvalue weighted by Crippen LogP contribution is -2.59. The van der Waals surface area contributed by atoms with Crippen LogP contribution in [0.4, 0.5) is 4.39 Å². The van der Waals surface area contributed by atoms with E-state index in [1.165, 1.54) is 25.2 Å². The molecule has 8 heteroatoms. The number of hydrogen-bond acceptors (Lipinski definition) is 5. The lowest BCUT2D eigenvalue weighted by Gasteiger charge is -2.40. The van der Waals surface area contributed by atoms with Crippen LogP contribution in [0.3, 0.4) is 0 Å². The average Bonchev–Trinajstić information content (AvgIpc) is 2.54. The van der Waals surface area contributed by atoms with Gasteiger partial charge >= 0.3 is 5.97 Å². The van der Waals surface area contributed by atoms with E-state index >= 15 is 0 Å². The second kappa shape index (κ2) is 6.31. The number of rotatable bonds is 4. The van der Waals surface area contributed by atoms with Crippen LogP contribution in [0, 0.1) is 5.82 Å². The molecule has 2 unspecified atom stereocenters. The molecule has 122 valence electrons. The van der Waals surface area contributed by atoms with Crippen LogP contribution < -0.4 is 4.72 Å². The van der Waals surface area contributed by atoms with Crippen LogP contribution in [0.5, 0.6) is 0 Å². The summed E-state index contributed by atoms with van der Waals surface area (Å²) in [6.07, 6.45) is 0.0621. The summed E-state index contributed by atoms with van der Waals surface area (Å²) in [6.45, 7) is -0.0923. The monoisotopic (exact) mass is 331 g/mol. The first-order chi connectivity index (χ1) is 10.4. The quantitative estimate of drug-likeness (QED) is 0.816. The van der Waals surface area contributed by atoms with Crippen LogP contribution in [0.1, 0.15) is 12.0 Å². The molecule has 1 fully saturated rings. The van der Waals surface area contributed by atoms with Gasteiger partial charge in [0.15, 0.2) is 0 Å². The first kappa shape index (κ1) is 16.9. The number of benzene rings is 1. The number of hydrogen-bond donors (Lipinski definition) is 1. The number of sulfonamides is 1. The Morgan fingerprint density at radius 1 is 1.45 bits per heavy atom. The molecule has 1 N–H and O–H groups in total. The van der Waals surface area contributed by atoms with E-state index in [9.17, 15) is 17.6 Å². The molecule has 0 bridgehead atoms. The van der Waals surface area contributed by atoms with Crippen LogP contribution in [0.2, 0.25) is 0 Å². The molecule has 1 saturated heterocycles. The van der Waals surface area contributed by atoms with E-state index in [0.717, 1.165) is 7.11 Å². The summed E-state index contributed by atoms with van der Waals surface area (Å²) in [6, 6.07) is 5.58. The highest BCUT2D eigenvalue weighted by atomic mass is 32.2. The molecule has 2 atom stereocenters. The molecule has 1 aliphatic heterocycles. The third-order valence-corrected chi connectivity index (χ3v) is 5.92. The fourth-order valence-corrected chi connectivity index (χ4v) is 4.39. The zero-order valence-corrected chi connectivity index (χ0v) is 13.2. The molecule has 1 aromatic rings. The maximum atomic E-state index is 14.3. The van der Waals surface area contributed by atoms with Gasteiger partial charge < -0.3 is 9.47 Å². The van der Waals surface area contributed by atoms with Crippen molar-refractivity contribution in [3.05, 3.63) is 35.6 Å². The van der Waals surface area contributed by atoms with E-state index in [1.807, 2.05) is 0 Å². The Morgan fingerprint density at radius 2 is 2.14 bits per heavy atom. The Bertz CT molecular complexity index is 663. The predicted molar refractivity (Wildman–Crippen MR) is 77.3 cm³/mol. The van der Waals surface area contributed by atoms with Crippen molar-refractivity contribution >= 4 is 16.0 Å². The third kappa shape index (κ3) is 2.62. The summed E-state index contributed by atoms with van der Waals surface area (Å²) in [5.74, 6) is -1.50. The number of methoxy groups -OCH3 is 1. The van der Waals surface area contributed by atoms with Crippen molar-refractivity contribution in [3.8, 4) is 0 Å². The number of nitrogens with one attached hydrogen (secondary N) is 1. The highest BCUT2D eigenvalue weighted by Crippen LogP contribution is 2.39. The number of esters is 1. The molecule has 0 spiro atoms. The Kier molecular flexibility index (Phi) is 4.84. The van der Waals surface area contributed by atoms with Crippen LogP contribution in [0.25, 0.3) is 0 Å². The molecule has 2 rings (SSSR count). The molecule has 1 aromatic carbocycles. The predicted octanol–water partition coefficient (Wildman–Crippen LogP) is 0.575. The minimum absolute atomic E-state index is 0.0367. The van der Waals surface area contributed by atoms with Crippen molar-refractivity contribution < 1.29 is 27.1 Å². The summed E-state index contributed by atoms with van der Waals surface area (Å²) in [5.41, 5.74) is -1.77. The SMILES string of the molecule is CNS(=O)(=O)C1CCOCC1(C(=O)OC)c1ccccc1F. The van der Waals surface area contributed by atoms with Gasteiger partial charge in [0.05, 0.1) is 13.7 Å². The highest BCUT2D eigenvalue weighted by Gasteiger charge is 2.56. The fraction of sp³-hybridized carbons (Fsp3) is 0.500. The van der Waals surface area contributed by atoms with Gasteiger partial charge in [0.2, 0.25) is 10.0 Å². The first-order valence-electron chi connectivity index (χ1n) is 6.73. The molecule has 1 aliphatic rings. The third-order valence-electron chi connectivity index (χ3n) is 3.97. The van der Waals surface area contributed by atoms with Crippen LogP contribution in [-0.2, 0) is 29.7 Å². The molecule has 0 amide bonds. The van der Waals surface area contributed by atoms with Crippen molar-refractivity contribution in [1.82, 2.24) is 4.72 Å². The highest BCUT2D eigenvalue weighted by molar-refractivity contribution is 7.90. The van der Waals surface area contributed by atoms with Gasteiger partial charge in [-0.15, -0.1) is 0 Å². The molecule has 6 nitrogen and oxygen atoms in total. The lowest BCUT2D eigenvalue weighted by molar-refractivity contribution is -0.153. The van der Waals surface area contributed by atoms with E-state index in [1.54, 1.807) is 6.07 Å². The van der Waals surface area contributed by atoms with Gasteiger partial charge in [-0.25, -0.2) is 17.5 Å². The molecular weight excluding hydrogens is 313 g/mol. The number of carbonyl (C=O) groups is 1. The van der Waals surface area contributed by atoms with Crippen molar-refractivity contribution in [2.24, 2.45) is 0 Å². The van der Waals surface area contributed by atoms with Crippen molar-refractivity contribution in [3.63, 3.8) is 0 Å². The van der Waals surface area contributed by atoms with Crippen LogP contribution >= 0.6 is 0 Å². The van der Waals surface area contributed by atoms with E-state index < -0.39 is 32.5 Å². The Morgan fingerprint density at radius 3 is 2.73 bits per heavy atom. The van der Waals surface area contributed by atoms with E-state index in [-0.39, 0.29) is 25.2 Å². The molecule has 0 radical (unpaired) electrons. The zero-order chi connectivity index (χ0) is 16.4. The summed E-state index contributed by atoms with van der Waals surface area (Å²) >= 11 is 0. The Labute approximate surface area is 128 Å². The maximum Gasteiger partial charge on any atom is 0.320 e. The van der Waals surface area contributed by atoms with Crippen LogP contribution in [-0.4, -0.2) is 47.0 Å². The summed E-state index contributed by atoms with van der Waals surface area (Å²) in [5, 5.41) is -1.18. The standard InChI is InChI=1S/C14H18FNO5S/c1-16-22(18,19)12-7-8-21-9-14(12,13(17)20-2)10-5-3-4-6-11(10)15/h3-6,12,16H,7-9H2,1-2H3. The normalized spacial score (nSPS) is 25.7. The van der Waals surface area contributed by atoms with Gasteiger partial charge in [-0.05, 0) is 19.5 Å². The van der Waals surface area contributed by atoms with Gasteiger partial charge in [0, 0.05) is 12.2 Å². The number of ether oxygens (including phenoxy) is 2. The largest absolute Gasteiger partial charge is 0.468 e. The van der Waals surface area contributed by atoms with Gasteiger partial charge in [-0.3, -0.25) is 4.79 Å². The Balaban J connectivity index is 2.72. The van der Waals surface area contributed by atoms with Gasteiger partial charge in [-0.1, -0.05) is 18.2 Å². The van der Waals surface area contributed by atoms with Gasteiger partial charge in [0.1, 0.15) is 16.5 Å². The molecule has 1 heterocycles. The minimum atomic E-state index is -3.85. The summed E-state index contributed by atoms with van der Waals surface area (Å²) in [7, 11) is -1.45. The zero-order valence-electron chi connectivity index (χ0n) is 12.3. The van der Waals surface area contributed by atoms with Crippen LogP contribution in [0.15, 0.2) is 24.3 Å². The van der Waals surface area contributed by atoms with E-state index in [2.05, 4.69) is 4.72 Å². The number of halogens is 1. The molecule has 0 aromatic heterocycles. The molecular formula is C14H18FNO5S. The molecule has 22 heavy (non-hydrogen) atoms. The molecule has 0 aliphatic carbocycles. The minimum Gasteiger partial charge on any atom is -0.468 e. The van der Waals surface area contributed by atoms with E-state index in [4.69, 9.17) is 9.47 Å². The van der Waals surface area contributed by atoms with Crippen molar-refractivity contribution in [1.29, 1.82) is 0 Å². The summed E-state index contributed by atoms with van der Waals surface area (Å²) < 4.78 is 51.4. The lowest BCUT2D eigenvalue weighted by atomic mass is 9.75. The smallest absolute Gasteiger partial charge is 0.320 e.